The molecule has 0 aliphatic heterocycles. The molecule has 1 atom stereocenters. The lowest BCUT2D eigenvalue weighted by atomic mass is 9.68. The normalized spacial score (nSPS) is 32.2. The molecular formula is C33H52FNO. The van der Waals surface area contributed by atoms with Gasteiger partial charge in [0, 0.05) is 6.04 Å². The molecule has 2 nitrogen and oxygen atoms in total. The van der Waals surface area contributed by atoms with Crippen LogP contribution in [0.1, 0.15) is 140 Å². The zero-order valence-corrected chi connectivity index (χ0v) is 23.1. The van der Waals surface area contributed by atoms with Crippen molar-refractivity contribution in [1.29, 1.82) is 0 Å². The molecule has 36 heavy (non-hydrogen) atoms. The molecule has 0 spiro atoms. The summed E-state index contributed by atoms with van der Waals surface area (Å²) in [7, 11) is 0. The molecule has 0 radical (unpaired) electrons. The lowest BCUT2D eigenvalue weighted by Gasteiger charge is -2.38. The topological polar surface area (TPSA) is 32.3 Å². The zero-order chi connectivity index (χ0) is 25.5. The first-order chi connectivity index (χ1) is 17.4. The van der Waals surface area contributed by atoms with Gasteiger partial charge in [0.2, 0.25) is 0 Å². The van der Waals surface area contributed by atoms with Crippen LogP contribution in [0.25, 0.3) is 0 Å². The van der Waals surface area contributed by atoms with Gasteiger partial charge in [0.25, 0.3) is 0 Å². The van der Waals surface area contributed by atoms with Gasteiger partial charge in [-0.1, -0.05) is 64.2 Å². The summed E-state index contributed by atoms with van der Waals surface area (Å²) in [5.41, 5.74) is 2.89. The summed E-state index contributed by atoms with van der Waals surface area (Å²) in [6.45, 7) is 7.98. The summed E-state index contributed by atoms with van der Waals surface area (Å²) in [5.74, 6) is 3.67. The Kier molecular flexibility index (Phi) is 10.5. The van der Waals surface area contributed by atoms with Crippen LogP contribution in [-0.2, 0) is 0 Å². The fraction of sp³-hybridized carbons (Fsp3) is 0.758. The molecule has 3 aliphatic rings. The molecule has 3 fully saturated rings. The first-order valence-electron chi connectivity index (χ1n) is 15.3. The average Bonchev–Trinajstić information content (AvgIpc) is 2.90. The number of aliphatic hydroxyl groups is 1. The van der Waals surface area contributed by atoms with E-state index in [0.717, 1.165) is 54.6 Å². The van der Waals surface area contributed by atoms with Gasteiger partial charge in [-0.25, -0.2) is 4.39 Å². The predicted octanol–water partition coefficient (Wildman–Crippen LogP) is 9.00. The molecule has 0 aromatic heterocycles. The van der Waals surface area contributed by atoms with Crippen molar-refractivity contribution in [3.63, 3.8) is 0 Å². The maximum Gasteiger partial charge on any atom is 0.126 e. The lowest BCUT2D eigenvalue weighted by Crippen LogP contribution is -2.40. The Morgan fingerprint density at radius 2 is 1.53 bits per heavy atom. The summed E-state index contributed by atoms with van der Waals surface area (Å²) in [5, 5.41) is 13.3. The van der Waals surface area contributed by atoms with Gasteiger partial charge in [0.1, 0.15) is 12.0 Å². The van der Waals surface area contributed by atoms with Crippen molar-refractivity contribution in [3.8, 4) is 0 Å². The van der Waals surface area contributed by atoms with Crippen LogP contribution in [0.4, 0.5) is 4.39 Å². The first-order valence-corrected chi connectivity index (χ1v) is 15.3. The maximum atomic E-state index is 15.3. The highest BCUT2D eigenvalue weighted by atomic mass is 19.1. The molecule has 0 amide bonds. The van der Waals surface area contributed by atoms with Gasteiger partial charge in [0.15, 0.2) is 0 Å². The van der Waals surface area contributed by atoms with Crippen molar-refractivity contribution in [2.45, 2.75) is 141 Å². The zero-order valence-electron chi connectivity index (χ0n) is 23.1. The molecule has 3 aliphatic carbocycles. The molecule has 0 heterocycles. The Balaban J connectivity index is 1.22. The molecule has 3 heteroatoms. The highest BCUT2D eigenvalue weighted by Gasteiger charge is 2.32. The minimum atomic E-state index is -0.621. The molecule has 4 rings (SSSR count). The Morgan fingerprint density at radius 3 is 2.11 bits per heavy atom. The number of rotatable bonds is 10. The monoisotopic (exact) mass is 497 g/mol. The van der Waals surface area contributed by atoms with E-state index >= 15 is 4.39 Å². The van der Waals surface area contributed by atoms with Crippen molar-refractivity contribution in [1.82, 2.24) is 5.32 Å². The second-order valence-corrected chi connectivity index (χ2v) is 12.6. The van der Waals surface area contributed by atoms with E-state index in [1.807, 2.05) is 13.0 Å². The number of hydrogen-bond donors (Lipinski definition) is 2. The maximum absolute atomic E-state index is 15.3. The third-order valence-electron chi connectivity index (χ3n) is 10.1. The fourth-order valence-electron chi connectivity index (χ4n) is 7.62. The highest BCUT2D eigenvalue weighted by molar-refractivity contribution is 5.30. The second-order valence-electron chi connectivity index (χ2n) is 12.6. The van der Waals surface area contributed by atoms with Gasteiger partial charge < -0.3 is 5.11 Å². The number of halogens is 1. The van der Waals surface area contributed by atoms with Crippen LogP contribution in [-0.4, -0.2) is 17.4 Å². The minimum Gasteiger partial charge on any atom is -0.375 e. The van der Waals surface area contributed by atoms with E-state index in [1.165, 1.54) is 82.6 Å². The van der Waals surface area contributed by atoms with Gasteiger partial charge in [-0.2, -0.15) is 0 Å². The van der Waals surface area contributed by atoms with Crippen LogP contribution in [0.5, 0.6) is 0 Å². The Labute approximate surface area is 220 Å². The standard InChI is InChI=1S/C33H52FNO/c1-4-5-6-7-24-8-10-25(11-9-24)26-12-14-28(15-13-26)31-21-18-29(22-32(31)34)27-16-19-30(20-17-27)35-33(36)23(2)3/h18,21-22,24-28,30,33,35-36H,2,4-17,19-20H2,1,3H3. The molecule has 202 valence electrons. The van der Waals surface area contributed by atoms with E-state index in [-0.39, 0.29) is 5.82 Å². The van der Waals surface area contributed by atoms with E-state index in [4.69, 9.17) is 0 Å². The molecular weight excluding hydrogens is 445 g/mol. The van der Waals surface area contributed by atoms with Gasteiger partial charge in [-0.05, 0) is 123 Å². The SMILES string of the molecule is C=C(C)C(O)NC1CCC(c2ccc(C3CCC(C4CCC(CCCCC)CC4)CC3)c(F)c2)CC1. The third-order valence-corrected chi connectivity index (χ3v) is 10.1. The molecule has 1 unspecified atom stereocenters. The summed E-state index contributed by atoms with van der Waals surface area (Å²) in [6, 6.07) is 6.50. The fourth-order valence-corrected chi connectivity index (χ4v) is 7.62. The summed E-state index contributed by atoms with van der Waals surface area (Å²) >= 11 is 0. The summed E-state index contributed by atoms with van der Waals surface area (Å²) in [6.07, 6.45) is 19.9. The van der Waals surface area contributed by atoms with Crippen LogP contribution in [0, 0.1) is 23.6 Å². The van der Waals surface area contributed by atoms with Crippen molar-refractivity contribution in [2.24, 2.45) is 17.8 Å². The van der Waals surface area contributed by atoms with Crippen LogP contribution >= 0.6 is 0 Å². The molecule has 3 saturated carbocycles. The minimum absolute atomic E-state index is 0.0292. The van der Waals surface area contributed by atoms with Crippen LogP contribution in [0.2, 0.25) is 0 Å². The van der Waals surface area contributed by atoms with Crippen molar-refractivity contribution in [2.75, 3.05) is 0 Å². The molecule has 1 aromatic carbocycles. The smallest absolute Gasteiger partial charge is 0.126 e. The molecule has 0 bridgehead atoms. The molecule has 2 N–H and O–H groups in total. The molecule has 0 saturated heterocycles. The van der Waals surface area contributed by atoms with Crippen LogP contribution < -0.4 is 5.32 Å². The van der Waals surface area contributed by atoms with Crippen LogP contribution in [0.3, 0.4) is 0 Å². The van der Waals surface area contributed by atoms with Gasteiger partial charge >= 0.3 is 0 Å². The van der Waals surface area contributed by atoms with Gasteiger partial charge in [0.05, 0.1) is 0 Å². The number of hydrogen-bond acceptors (Lipinski definition) is 2. The Morgan fingerprint density at radius 1 is 0.917 bits per heavy atom. The van der Waals surface area contributed by atoms with Gasteiger partial charge in [-0.15, -0.1) is 0 Å². The first kappa shape index (κ1) is 27.8. The number of nitrogens with one attached hydrogen (secondary N) is 1. The number of benzene rings is 1. The van der Waals surface area contributed by atoms with E-state index in [1.54, 1.807) is 0 Å². The average molecular weight is 498 g/mol. The van der Waals surface area contributed by atoms with Crippen molar-refractivity contribution >= 4 is 0 Å². The van der Waals surface area contributed by atoms with Crippen molar-refractivity contribution in [3.05, 3.63) is 47.3 Å². The van der Waals surface area contributed by atoms with E-state index < -0.39 is 6.23 Å². The summed E-state index contributed by atoms with van der Waals surface area (Å²) < 4.78 is 15.3. The second kappa shape index (κ2) is 13.6. The van der Waals surface area contributed by atoms with E-state index in [9.17, 15) is 5.11 Å². The highest BCUT2D eigenvalue weighted by Crippen LogP contribution is 2.45. The Hall–Kier alpha value is -1.19. The Bertz CT molecular complexity index is 813. The van der Waals surface area contributed by atoms with E-state index in [2.05, 4.69) is 31.0 Å². The summed E-state index contributed by atoms with van der Waals surface area (Å²) in [4.78, 5) is 0. The lowest BCUT2D eigenvalue weighted by molar-refractivity contribution is 0.143. The van der Waals surface area contributed by atoms with Crippen LogP contribution in [0.15, 0.2) is 30.4 Å². The van der Waals surface area contributed by atoms with Crippen molar-refractivity contribution < 1.29 is 9.50 Å². The molecule has 1 aromatic rings. The quantitative estimate of drug-likeness (QED) is 0.192. The largest absolute Gasteiger partial charge is 0.375 e. The third kappa shape index (κ3) is 7.44. The predicted molar refractivity (Wildman–Crippen MR) is 150 cm³/mol. The number of aliphatic hydroxyl groups excluding tert-OH is 1. The van der Waals surface area contributed by atoms with Gasteiger partial charge in [-0.3, -0.25) is 5.32 Å². The van der Waals surface area contributed by atoms with E-state index in [0.29, 0.717) is 17.9 Å². The number of unbranched alkanes of at least 4 members (excludes halogenated alkanes) is 2.